The number of nitrogens with zero attached hydrogens (tertiary/aromatic N) is 1. The Labute approximate surface area is 114 Å². The third-order valence-corrected chi connectivity index (χ3v) is 2.86. The van der Waals surface area contributed by atoms with E-state index in [0.29, 0.717) is 23.7 Å². The molecule has 102 valence electrons. The van der Waals surface area contributed by atoms with Crippen LogP contribution >= 0.6 is 0 Å². The molecule has 0 unspecified atom stereocenters. The normalized spacial score (nSPS) is 12.8. The maximum Gasteiger partial charge on any atom is 0.324 e. The molecule has 0 aliphatic carbocycles. The Bertz CT molecular complexity index is 693. The van der Waals surface area contributed by atoms with Crippen LogP contribution in [0.4, 0.5) is 22.0 Å². The summed E-state index contributed by atoms with van der Waals surface area (Å²) in [6.45, 7) is 1.74. The molecule has 7 heteroatoms. The van der Waals surface area contributed by atoms with Gasteiger partial charge in [-0.05, 0) is 24.6 Å². The summed E-state index contributed by atoms with van der Waals surface area (Å²) < 4.78 is 4.85. The molecule has 2 heterocycles. The largest absolute Gasteiger partial charge is 0.360 e. The van der Waals surface area contributed by atoms with Crippen LogP contribution in [-0.2, 0) is 11.2 Å². The molecular weight excluding hydrogens is 260 g/mol. The van der Waals surface area contributed by atoms with E-state index in [1.807, 2.05) is 6.07 Å². The third-order valence-electron chi connectivity index (χ3n) is 2.86. The van der Waals surface area contributed by atoms with Gasteiger partial charge in [-0.1, -0.05) is 11.2 Å². The predicted molar refractivity (Wildman–Crippen MR) is 72.7 cm³/mol. The number of aryl methyl sites for hydroxylation is 1. The topological polar surface area (TPSA) is 96.3 Å². The number of carbonyl (C=O) groups is 2. The van der Waals surface area contributed by atoms with Crippen LogP contribution < -0.4 is 16.0 Å². The number of aromatic nitrogens is 1. The lowest BCUT2D eigenvalue weighted by Crippen LogP contribution is -2.19. The summed E-state index contributed by atoms with van der Waals surface area (Å²) in [5.41, 5.74) is 2.24. The van der Waals surface area contributed by atoms with Crippen LogP contribution in [0.15, 0.2) is 28.8 Å². The van der Waals surface area contributed by atoms with Crippen LogP contribution in [0.3, 0.4) is 0 Å². The predicted octanol–water partition coefficient (Wildman–Crippen LogP) is 2.12. The fourth-order valence-electron chi connectivity index (χ4n) is 2.00. The van der Waals surface area contributed by atoms with E-state index in [0.717, 1.165) is 11.3 Å². The van der Waals surface area contributed by atoms with Gasteiger partial charge in [-0.15, -0.1) is 0 Å². The van der Waals surface area contributed by atoms with Gasteiger partial charge in [0.15, 0.2) is 5.82 Å². The Morgan fingerprint density at radius 1 is 1.35 bits per heavy atom. The molecular formula is C13H12N4O3. The fraction of sp³-hybridized carbons (Fsp3) is 0.154. The minimum atomic E-state index is -0.428. The van der Waals surface area contributed by atoms with Crippen molar-refractivity contribution in [3.8, 4) is 0 Å². The van der Waals surface area contributed by atoms with Crippen LogP contribution in [0.5, 0.6) is 0 Å². The second-order valence-electron chi connectivity index (χ2n) is 4.50. The maximum atomic E-state index is 11.8. The first-order valence-electron chi connectivity index (χ1n) is 6.04. The van der Waals surface area contributed by atoms with Gasteiger partial charge >= 0.3 is 6.03 Å². The van der Waals surface area contributed by atoms with Crippen LogP contribution in [0, 0.1) is 6.92 Å². The van der Waals surface area contributed by atoms with Gasteiger partial charge in [-0.2, -0.15) is 0 Å². The first kappa shape index (κ1) is 12.2. The van der Waals surface area contributed by atoms with Gasteiger partial charge in [-0.3, -0.25) is 10.1 Å². The Balaban J connectivity index is 1.67. The molecule has 1 aromatic heterocycles. The summed E-state index contributed by atoms with van der Waals surface area (Å²) >= 11 is 0. The van der Waals surface area contributed by atoms with Crippen molar-refractivity contribution >= 4 is 29.1 Å². The summed E-state index contributed by atoms with van der Waals surface area (Å²) in [5.74, 6) is 0.912. The number of fused-ring (bicyclic) bond motifs is 1. The number of anilines is 3. The van der Waals surface area contributed by atoms with E-state index in [4.69, 9.17) is 4.52 Å². The molecule has 1 aliphatic rings. The molecule has 0 saturated heterocycles. The lowest BCUT2D eigenvalue weighted by Gasteiger charge is -2.07. The van der Waals surface area contributed by atoms with E-state index in [2.05, 4.69) is 21.1 Å². The van der Waals surface area contributed by atoms with Crippen LogP contribution in [0.1, 0.15) is 11.3 Å². The minimum absolute atomic E-state index is 0.0420. The quantitative estimate of drug-likeness (QED) is 0.780. The molecule has 3 rings (SSSR count). The van der Waals surface area contributed by atoms with E-state index in [1.54, 1.807) is 25.1 Å². The maximum absolute atomic E-state index is 11.8. The molecule has 3 amide bonds. The van der Waals surface area contributed by atoms with E-state index in [-0.39, 0.29) is 5.91 Å². The lowest BCUT2D eigenvalue weighted by molar-refractivity contribution is -0.115. The van der Waals surface area contributed by atoms with Crippen molar-refractivity contribution in [2.24, 2.45) is 0 Å². The average molecular weight is 272 g/mol. The van der Waals surface area contributed by atoms with Gasteiger partial charge in [0.1, 0.15) is 5.76 Å². The Morgan fingerprint density at radius 2 is 2.20 bits per heavy atom. The number of hydrogen-bond donors (Lipinski definition) is 3. The van der Waals surface area contributed by atoms with Crippen molar-refractivity contribution in [2.45, 2.75) is 13.3 Å². The third kappa shape index (κ3) is 2.46. The zero-order valence-corrected chi connectivity index (χ0v) is 10.7. The molecule has 20 heavy (non-hydrogen) atoms. The van der Waals surface area contributed by atoms with Gasteiger partial charge in [0, 0.05) is 17.4 Å². The molecule has 3 N–H and O–H groups in total. The van der Waals surface area contributed by atoms with Crippen molar-refractivity contribution in [1.29, 1.82) is 0 Å². The van der Waals surface area contributed by atoms with Gasteiger partial charge in [0.25, 0.3) is 0 Å². The van der Waals surface area contributed by atoms with Gasteiger partial charge < -0.3 is 15.2 Å². The average Bonchev–Trinajstić information content (AvgIpc) is 2.93. The smallest absolute Gasteiger partial charge is 0.324 e. The van der Waals surface area contributed by atoms with Crippen LogP contribution in [-0.4, -0.2) is 17.1 Å². The van der Waals surface area contributed by atoms with Crippen molar-refractivity contribution in [3.63, 3.8) is 0 Å². The highest BCUT2D eigenvalue weighted by Gasteiger charge is 2.17. The Hall–Kier alpha value is -2.83. The Morgan fingerprint density at radius 3 is 2.95 bits per heavy atom. The zero-order chi connectivity index (χ0) is 14.1. The lowest BCUT2D eigenvalue weighted by atomic mass is 10.1. The zero-order valence-electron chi connectivity index (χ0n) is 10.7. The van der Waals surface area contributed by atoms with Crippen molar-refractivity contribution < 1.29 is 14.1 Å². The highest BCUT2D eigenvalue weighted by Crippen LogP contribution is 2.26. The number of carbonyl (C=O) groups excluding carboxylic acids is 2. The molecule has 0 radical (unpaired) electrons. The van der Waals surface area contributed by atoms with Crippen LogP contribution in [0.2, 0.25) is 0 Å². The number of nitrogens with one attached hydrogen (secondary N) is 3. The van der Waals surface area contributed by atoms with Gasteiger partial charge in [-0.25, -0.2) is 4.79 Å². The van der Waals surface area contributed by atoms with Gasteiger partial charge in [0.2, 0.25) is 5.91 Å². The number of rotatable bonds is 2. The van der Waals surface area contributed by atoms with E-state index < -0.39 is 6.03 Å². The molecule has 0 bridgehead atoms. The fourth-order valence-corrected chi connectivity index (χ4v) is 2.00. The second-order valence-corrected chi connectivity index (χ2v) is 4.50. The summed E-state index contributed by atoms with van der Waals surface area (Å²) in [6.07, 6.45) is 0.375. The first-order valence-corrected chi connectivity index (χ1v) is 6.04. The number of hydrogen-bond acceptors (Lipinski definition) is 4. The highest BCUT2D eigenvalue weighted by atomic mass is 16.5. The number of urea groups is 1. The molecule has 0 saturated carbocycles. The summed E-state index contributed by atoms with van der Waals surface area (Å²) in [6, 6.07) is 6.45. The molecule has 1 aliphatic heterocycles. The minimum Gasteiger partial charge on any atom is -0.360 e. The number of benzene rings is 1. The van der Waals surface area contributed by atoms with E-state index in [1.165, 1.54) is 0 Å². The SMILES string of the molecule is Cc1cc(NC(=O)Nc2ccc3c(c2)NC(=O)C3)no1. The first-order chi connectivity index (χ1) is 9.60. The number of amides is 3. The van der Waals surface area contributed by atoms with Crippen molar-refractivity contribution in [3.05, 3.63) is 35.6 Å². The highest BCUT2D eigenvalue weighted by molar-refractivity contribution is 6.02. The van der Waals surface area contributed by atoms with Crippen LogP contribution in [0.25, 0.3) is 0 Å². The van der Waals surface area contributed by atoms with Crippen molar-refractivity contribution in [2.75, 3.05) is 16.0 Å². The monoisotopic (exact) mass is 272 g/mol. The molecule has 0 spiro atoms. The van der Waals surface area contributed by atoms with Crippen molar-refractivity contribution in [1.82, 2.24) is 5.16 Å². The summed E-state index contributed by atoms with van der Waals surface area (Å²) in [7, 11) is 0. The molecule has 0 atom stereocenters. The standard InChI is InChI=1S/C13H12N4O3/c1-7-4-11(17-20-7)16-13(19)14-9-3-2-8-5-12(18)15-10(8)6-9/h2-4,6H,5H2,1H3,(H,15,18)(H2,14,16,17,19). The molecule has 1 aromatic carbocycles. The summed E-state index contributed by atoms with van der Waals surface area (Å²) in [5, 5.41) is 11.6. The molecule has 2 aromatic rings. The second kappa shape index (κ2) is 4.69. The molecule has 0 fully saturated rings. The summed E-state index contributed by atoms with van der Waals surface area (Å²) in [4.78, 5) is 23.0. The van der Waals surface area contributed by atoms with E-state index in [9.17, 15) is 9.59 Å². The van der Waals surface area contributed by atoms with Gasteiger partial charge in [0.05, 0.1) is 6.42 Å². The Kier molecular flexibility index (Phi) is 2.86. The van der Waals surface area contributed by atoms with E-state index >= 15 is 0 Å². The molecule has 7 nitrogen and oxygen atoms in total.